The molecular weight excluding hydrogens is 216 g/mol. The van der Waals surface area contributed by atoms with Gasteiger partial charge in [-0.05, 0) is 20.3 Å². The number of unbranched alkanes of at least 4 members (excludes halogenated alkanes) is 1. The van der Waals surface area contributed by atoms with Crippen LogP contribution in [0.2, 0.25) is 0 Å². The minimum absolute atomic E-state index is 0.159. The Bertz CT molecular complexity index is 225. The normalized spacial score (nSPS) is 19.1. The second-order valence-electron chi connectivity index (χ2n) is 4.71. The lowest BCUT2D eigenvalue weighted by Crippen LogP contribution is -2.51. The molecule has 1 heterocycles. The molecule has 1 aliphatic rings. The molecule has 1 aliphatic heterocycles. The van der Waals surface area contributed by atoms with Crippen molar-refractivity contribution in [2.75, 3.05) is 32.8 Å². The highest BCUT2D eigenvalue weighted by molar-refractivity contribution is 5.67. The van der Waals surface area contributed by atoms with E-state index in [1.165, 1.54) is 19.3 Å². The molecule has 1 atom stereocenters. The molecule has 0 radical (unpaired) electrons. The minimum atomic E-state index is -0.159. The number of hydrogen-bond acceptors (Lipinski definition) is 3. The maximum atomic E-state index is 11.5. The Hall–Kier alpha value is -0.770. The molecule has 0 N–H and O–H groups in total. The lowest BCUT2D eigenvalue weighted by molar-refractivity contribution is 0.0670. The molecule has 0 spiro atoms. The number of carbonyl (C=O) groups is 1. The van der Waals surface area contributed by atoms with Gasteiger partial charge in [-0.2, -0.15) is 0 Å². The van der Waals surface area contributed by atoms with Crippen molar-refractivity contribution in [3.8, 4) is 0 Å². The highest BCUT2D eigenvalue weighted by Gasteiger charge is 2.24. The largest absolute Gasteiger partial charge is 0.450 e. The number of piperazine rings is 1. The van der Waals surface area contributed by atoms with E-state index in [4.69, 9.17) is 4.74 Å². The van der Waals surface area contributed by atoms with Gasteiger partial charge in [0.25, 0.3) is 0 Å². The first kappa shape index (κ1) is 14.3. The molecule has 1 unspecified atom stereocenters. The average molecular weight is 242 g/mol. The summed E-state index contributed by atoms with van der Waals surface area (Å²) in [6, 6.07) is 0.638. The molecular formula is C13H26N2O2. The summed E-state index contributed by atoms with van der Waals surface area (Å²) in [6.45, 7) is 10.4. The van der Waals surface area contributed by atoms with E-state index >= 15 is 0 Å². The molecule has 100 valence electrons. The van der Waals surface area contributed by atoms with Crippen molar-refractivity contribution in [1.82, 2.24) is 9.80 Å². The highest BCUT2D eigenvalue weighted by atomic mass is 16.6. The zero-order chi connectivity index (χ0) is 12.7. The van der Waals surface area contributed by atoms with Crippen molar-refractivity contribution < 1.29 is 9.53 Å². The molecule has 1 fully saturated rings. The van der Waals surface area contributed by atoms with Crippen LogP contribution in [-0.4, -0.2) is 54.7 Å². The number of rotatable bonds is 5. The predicted molar refractivity (Wildman–Crippen MR) is 69.2 cm³/mol. The van der Waals surface area contributed by atoms with Gasteiger partial charge in [0, 0.05) is 32.2 Å². The van der Waals surface area contributed by atoms with Gasteiger partial charge in [-0.25, -0.2) is 4.79 Å². The Balaban J connectivity index is 2.27. The Morgan fingerprint density at radius 1 is 1.24 bits per heavy atom. The third kappa shape index (κ3) is 4.54. The lowest BCUT2D eigenvalue weighted by Gasteiger charge is -2.37. The third-order valence-corrected chi connectivity index (χ3v) is 3.44. The molecule has 0 aromatic carbocycles. The van der Waals surface area contributed by atoms with E-state index in [1.807, 2.05) is 11.8 Å². The van der Waals surface area contributed by atoms with Gasteiger partial charge in [0.1, 0.15) is 0 Å². The second kappa shape index (κ2) is 7.54. The van der Waals surface area contributed by atoms with Crippen LogP contribution in [0.4, 0.5) is 4.79 Å². The fraction of sp³-hybridized carbons (Fsp3) is 0.923. The second-order valence-corrected chi connectivity index (χ2v) is 4.71. The quantitative estimate of drug-likeness (QED) is 0.742. The molecule has 1 saturated heterocycles. The summed E-state index contributed by atoms with van der Waals surface area (Å²) >= 11 is 0. The predicted octanol–water partition coefficient (Wildman–Crippen LogP) is 2.34. The molecule has 0 bridgehead atoms. The molecule has 1 amide bonds. The van der Waals surface area contributed by atoms with Crippen molar-refractivity contribution >= 4 is 6.09 Å². The van der Waals surface area contributed by atoms with Crippen LogP contribution >= 0.6 is 0 Å². The van der Waals surface area contributed by atoms with Crippen LogP contribution in [-0.2, 0) is 4.74 Å². The first-order valence-electron chi connectivity index (χ1n) is 6.84. The first-order chi connectivity index (χ1) is 8.19. The van der Waals surface area contributed by atoms with Gasteiger partial charge in [-0.15, -0.1) is 0 Å². The lowest BCUT2D eigenvalue weighted by atomic mass is 10.1. The van der Waals surface area contributed by atoms with E-state index in [-0.39, 0.29) is 6.09 Å². The number of carbonyl (C=O) groups excluding carboxylic acids is 1. The van der Waals surface area contributed by atoms with Crippen molar-refractivity contribution in [2.45, 2.75) is 46.1 Å². The molecule has 4 nitrogen and oxygen atoms in total. The number of hydrogen-bond donors (Lipinski definition) is 0. The van der Waals surface area contributed by atoms with Crippen molar-refractivity contribution in [2.24, 2.45) is 0 Å². The Kier molecular flexibility index (Phi) is 6.34. The van der Waals surface area contributed by atoms with Crippen LogP contribution in [0.15, 0.2) is 0 Å². The summed E-state index contributed by atoms with van der Waals surface area (Å²) in [5.74, 6) is 0. The zero-order valence-corrected chi connectivity index (χ0v) is 11.4. The maximum absolute atomic E-state index is 11.5. The summed E-state index contributed by atoms with van der Waals surface area (Å²) < 4.78 is 5.01. The van der Waals surface area contributed by atoms with E-state index < -0.39 is 0 Å². The van der Waals surface area contributed by atoms with Gasteiger partial charge >= 0.3 is 6.09 Å². The van der Waals surface area contributed by atoms with E-state index in [9.17, 15) is 4.79 Å². The Morgan fingerprint density at radius 2 is 1.88 bits per heavy atom. The monoisotopic (exact) mass is 242 g/mol. The van der Waals surface area contributed by atoms with E-state index in [2.05, 4.69) is 18.7 Å². The highest BCUT2D eigenvalue weighted by Crippen LogP contribution is 2.12. The zero-order valence-electron chi connectivity index (χ0n) is 11.4. The third-order valence-electron chi connectivity index (χ3n) is 3.44. The maximum Gasteiger partial charge on any atom is 0.409 e. The average Bonchev–Trinajstić information content (AvgIpc) is 2.36. The summed E-state index contributed by atoms with van der Waals surface area (Å²) in [5, 5.41) is 0. The number of ether oxygens (including phenoxy) is 1. The van der Waals surface area contributed by atoms with Crippen molar-refractivity contribution in [3.05, 3.63) is 0 Å². The first-order valence-corrected chi connectivity index (χ1v) is 6.84. The van der Waals surface area contributed by atoms with Crippen LogP contribution in [0.1, 0.15) is 40.0 Å². The fourth-order valence-corrected chi connectivity index (χ4v) is 2.24. The van der Waals surface area contributed by atoms with Crippen LogP contribution in [0.25, 0.3) is 0 Å². The van der Waals surface area contributed by atoms with E-state index in [0.717, 1.165) is 26.2 Å². The minimum Gasteiger partial charge on any atom is -0.450 e. The SMILES string of the molecule is CCCCC(C)N1CCN(C(=O)OCC)CC1. The number of amides is 1. The van der Waals surface area contributed by atoms with Gasteiger partial charge in [0.2, 0.25) is 0 Å². The van der Waals surface area contributed by atoms with E-state index in [0.29, 0.717) is 12.6 Å². The summed E-state index contributed by atoms with van der Waals surface area (Å²) in [7, 11) is 0. The van der Waals surface area contributed by atoms with Crippen LogP contribution in [0, 0.1) is 0 Å². The molecule has 17 heavy (non-hydrogen) atoms. The summed E-state index contributed by atoms with van der Waals surface area (Å²) in [4.78, 5) is 15.8. The molecule has 0 saturated carbocycles. The summed E-state index contributed by atoms with van der Waals surface area (Å²) in [6.07, 6.45) is 3.65. The van der Waals surface area contributed by atoms with Gasteiger partial charge in [-0.3, -0.25) is 4.90 Å². The van der Waals surface area contributed by atoms with Gasteiger partial charge < -0.3 is 9.64 Å². The molecule has 0 aliphatic carbocycles. The number of nitrogens with zero attached hydrogens (tertiary/aromatic N) is 2. The van der Waals surface area contributed by atoms with Crippen molar-refractivity contribution in [1.29, 1.82) is 0 Å². The smallest absolute Gasteiger partial charge is 0.409 e. The molecule has 4 heteroatoms. The topological polar surface area (TPSA) is 32.8 Å². The summed E-state index contributed by atoms with van der Waals surface area (Å²) in [5.41, 5.74) is 0. The van der Waals surface area contributed by atoms with Gasteiger partial charge in [0.15, 0.2) is 0 Å². The standard InChI is InChI=1S/C13H26N2O2/c1-4-6-7-12(3)14-8-10-15(11-9-14)13(16)17-5-2/h12H,4-11H2,1-3H3. The Labute approximate surface area is 105 Å². The van der Waals surface area contributed by atoms with Gasteiger partial charge in [0.05, 0.1) is 6.61 Å². The molecule has 0 aromatic heterocycles. The Morgan fingerprint density at radius 3 is 2.41 bits per heavy atom. The molecule has 0 aromatic rings. The van der Waals surface area contributed by atoms with Crippen molar-refractivity contribution in [3.63, 3.8) is 0 Å². The van der Waals surface area contributed by atoms with Gasteiger partial charge in [-0.1, -0.05) is 19.8 Å². The van der Waals surface area contributed by atoms with E-state index in [1.54, 1.807) is 0 Å². The molecule has 1 rings (SSSR count). The van der Waals surface area contributed by atoms with Crippen LogP contribution in [0.5, 0.6) is 0 Å². The van der Waals surface area contributed by atoms with Crippen LogP contribution < -0.4 is 0 Å². The fourth-order valence-electron chi connectivity index (χ4n) is 2.24. The van der Waals surface area contributed by atoms with Crippen LogP contribution in [0.3, 0.4) is 0 Å².